The van der Waals surface area contributed by atoms with Gasteiger partial charge in [0.2, 0.25) is 0 Å². The molecule has 0 atom stereocenters. The summed E-state index contributed by atoms with van der Waals surface area (Å²) < 4.78 is 4.99. The Kier molecular flexibility index (Phi) is 4.60. The molecular weight excluding hydrogens is 213 g/mol. The predicted molar refractivity (Wildman–Crippen MR) is 53.9 cm³/mol. The molecule has 0 saturated carbocycles. The monoisotopic (exact) mass is 232 g/mol. The normalized spacial score (nSPS) is 11.0. The summed E-state index contributed by atoms with van der Waals surface area (Å²) in [6.07, 6.45) is 0. The minimum atomic E-state index is -1.51. The number of carbonyl (C=O) groups is 1. The summed E-state index contributed by atoms with van der Waals surface area (Å²) in [6, 6.07) is 0. The number of carbonyl (C=O) groups excluding carboxylic acids is 1. The molecule has 3 heteroatoms. The molecule has 0 spiro atoms. The average molecular weight is 231 g/mol. The van der Waals surface area contributed by atoms with Crippen molar-refractivity contribution in [3.8, 4) is 0 Å². The zero-order valence-corrected chi connectivity index (χ0v) is 10.5. The van der Waals surface area contributed by atoms with E-state index >= 15 is 0 Å². The van der Waals surface area contributed by atoms with Crippen molar-refractivity contribution in [1.82, 2.24) is 0 Å². The fourth-order valence-corrected chi connectivity index (χ4v) is 2.07. The van der Waals surface area contributed by atoms with Gasteiger partial charge in [0.05, 0.1) is 0 Å². The average Bonchev–Trinajstić information content (AvgIpc) is 1.84. The quantitative estimate of drug-likeness (QED) is 0.421. The van der Waals surface area contributed by atoms with Gasteiger partial charge in [-0.15, -0.1) is 0 Å². The Morgan fingerprint density at radius 1 is 1.42 bits per heavy atom. The molecule has 2 nitrogen and oxygen atoms in total. The maximum atomic E-state index is 10.9. The summed E-state index contributed by atoms with van der Waals surface area (Å²) in [4.78, 5) is 10.9. The molecule has 0 aromatic carbocycles. The van der Waals surface area contributed by atoms with Crippen LogP contribution in [0.15, 0.2) is 12.2 Å². The molecule has 0 unspecified atom stereocenters. The van der Waals surface area contributed by atoms with E-state index in [-0.39, 0.29) is 5.97 Å². The molecule has 0 aliphatic rings. The van der Waals surface area contributed by atoms with Crippen molar-refractivity contribution < 1.29 is 9.53 Å². The van der Waals surface area contributed by atoms with Gasteiger partial charge in [-0.05, 0) is 0 Å². The molecule has 0 aliphatic carbocycles. The summed E-state index contributed by atoms with van der Waals surface area (Å²) in [5.41, 5.74) is 0.483. The number of hydrogen-bond donors (Lipinski definition) is 0. The Balaban J connectivity index is 3.58. The summed E-state index contributed by atoms with van der Waals surface area (Å²) >= 11 is -1.51. The van der Waals surface area contributed by atoms with Gasteiger partial charge in [-0.3, -0.25) is 0 Å². The summed E-state index contributed by atoms with van der Waals surface area (Å²) in [5, 5.41) is 1.07. The first-order valence-electron chi connectivity index (χ1n) is 4.15. The van der Waals surface area contributed by atoms with Gasteiger partial charge in [-0.25, -0.2) is 0 Å². The van der Waals surface area contributed by atoms with Crippen LogP contribution in [0.5, 0.6) is 0 Å². The van der Waals surface area contributed by atoms with Crippen LogP contribution in [-0.2, 0) is 9.53 Å². The van der Waals surface area contributed by atoms with Crippen molar-refractivity contribution in [3.05, 3.63) is 12.2 Å². The molecule has 70 valence electrons. The first kappa shape index (κ1) is 11.8. The Labute approximate surface area is 77.3 Å². The number of ether oxygens (including phenoxy) is 1. The van der Waals surface area contributed by atoms with E-state index < -0.39 is 13.3 Å². The van der Waals surface area contributed by atoms with E-state index in [0.717, 1.165) is 5.25 Å². The van der Waals surface area contributed by atoms with E-state index in [0.29, 0.717) is 12.2 Å². The van der Waals surface area contributed by atoms with Gasteiger partial charge < -0.3 is 0 Å². The molecule has 0 aromatic rings. The van der Waals surface area contributed by atoms with E-state index in [1.54, 1.807) is 6.92 Å². The Bertz CT molecular complexity index is 179. The number of hydrogen-bond acceptors (Lipinski definition) is 2. The van der Waals surface area contributed by atoms with Crippen molar-refractivity contribution in [2.75, 3.05) is 6.61 Å². The Hall–Kier alpha value is -0.247. The van der Waals surface area contributed by atoms with E-state index in [1.807, 2.05) is 0 Å². The molecule has 0 aromatic heterocycles. The van der Waals surface area contributed by atoms with E-state index in [1.165, 1.54) is 0 Å². The van der Waals surface area contributed by atoms with Gasteiger partial charge in [0.1, 0.15) is 0 Å². The van der Waals surface area contributed by atoms with Crippen molar-refractivity contribution in [2.24, 2.45) is 0 Å². The zero-order valence-electron chi connectivity index (χ0n) is 8.44. The molecule has 0 heterocycles. The van der Waals surface area contributed by atoms with Crippen LogP contribution < -0.4 is 0 Å². The van der Waals surface area contributed by atoms with Gasteiger partial charge in [0, 0.05) is 0 Å². The van der Waals surface area contributed by atoms with Crippen LogP contribution in [0.4, 0.5) is 0 Å². The first-order valence-corrected chi connectivity index (χ1v) is 11.9. The third-order valence-corrected chi connectivity index (χ3v) is 5.01. The second-order valence-electron chi connectivity index (χ2n) is 4.23. The van der Waals surface area contributed by atoms with Crippen LogP contribution >= 0.6 is 0 Å². The van der Waals surface area contributed by atoms with Crippen LogP contribution in [-0.4, -0.2) is 25.8 Å². The van der Waals surface area contributed by atoms with Crippen LogP contribution in [0.2, 0.25) is 22.5 Å². The van der Waals surface area contributed by atoms with Crippen molar-refractivity contribution >= 4 is 19.2 Å². The second kappa shape index (κ2) is 4.70. The molecule has 12 heavy (non-hydrogen) atoms. The van der Waals surface area contributed by atoms with E-state index in [4.69, 9.17) is 4.74 Å². The molecule has 0 rings (SSSR count). The molecular formula is C9H18GeO2. The third kappa shape index (κ3) is 6.46. The second-order valence-corrected chi connectivity index (χ2v) is 16.0. The van der Waals surface area contributed by atoms with E-state index in [2.05, 4.69) is 23.8 Å². The molecule has 0 aliphatic heterocycles. The van der Waals surface area contributed by atoms with Crippen molar-refractivity contribution in [2.45, 2.75) is 29.4 Å². The standard InChI is InChI=1S/C9H18GeO2/c1-8(2)9(11)12-7-6-10(3,4)5/h1,6-7H2,2-5H3. The van der Waals surface area contributed by atoms with Crippen molar-refractivity contribution in [3.63, 3.8) is 0 Å². The number of esters is 1. The maximum absolute atomic E-state index is 10.9. The molecule has 0 fully saturated rings. The van der Waals surface area contributed by atoms with Gasteiger partial charge in [0.15, 0.2) is 0 Å². The summed E-state index contributed by atoms with van der Waals surface area (Å²) in [7, 11) is 0. The van der Waals surface area contributed by atoms with E-state index in [9.17, 15) is 4.79 Å². The summed E-state index contributed by atoms with van der Waals surface area (Å²) in [6.45, 7) is 5.74. The Morgan fingerprint density at radius 3 is 2.25 bits per heavy atom. The van der Waals surface area contributed by atoms with Crippen LogP contribution in [0.3, 0.4) is 0 Å². The van der Waals surface area contributed by atoms with Gasteiger partial charge in [-0.1, -0.05) is 0 Å². The summed E-state index contributed by atoms with van der Waals surface area (Å²) in [5.74, 6) is 6.64. The fraction of sp³-hybridized carbons (Fsp3) is 0.667. The Morgan fingerprint density at radius 2 is 1.92 bits per heavy atom. The fourth-order valence-electron chi connectivity index (χ4n) is 0.573. The minimum absolute atomic E-state index is 0.262. The predicted octanol–water partition coefficient (Wildman–Crippen LogP) is 2.44. The topological polar surface area (TPSA) is 26.3 Å². The molecule has 0 saturated heterocycles. The van der Waals surface area contributed by atoms with Crippen LogP contribution in [0.25, 0.3) is 0 Å². The molecule has 0 amide bonds. The van der Waals surface area contributed by atoms with Gasteiger partial charge >= 0.3 is 77.0 Å². The first-order chi connectivity index (χ1) is 5.33. The third-order valence-electron chi connectivity index (χ3n) is 1.43. The van der Waals surface area contributed by atoms with Gasteiger partial charge in [-0.2, -0.15) is 0 Å². The zero-order chi connectivity index (χ0) is 9.78. The van der Waals surface area contributed by atoms with Crippen LogP contribution in [0, 0.1) is 0 Å². The molecule has 0 bridgehead atoms. The van der Waals surface area contributed by atoms with Crippen molar-refractivity contribution in [1.29, 1.82) is 0 Å². The molecule has 0 N–H and O–H groups in total. The number of rotatable bonds is 4. The van der Waals surface area contributed by atoms with Gasteiger partial charge in [0.25, 0.3) is 0 Å². The molecule has 0 radical (unpaired) electrons. The SMILES string of the molecule is C=C(C)C(=O)OC[CH2][Ge]([CH3])([CH3])[CH3]. The van der Waals surface area contributed by atoms with Crippen LogP contribution in [0.1, 0.15) is 6.92 Å².